The maximum atomic E-state index is 11.3. The van der Waals surface area contributed by atoms with Gasteiger partial charge in [-0.3, -0.25) is 0 Å². The molecule has 1 N–H and O–H groups in total. The number of nitriles is 1. The first-order valence-electron chi connectivity index (χ1n) is 4.57. The highest BCUT2D eigenvalue weighted by molar-refractivity contribution is 5.89. The second kappa shape index (κ2) is 5.66. The summed E-state index contributed by atoms with van der Waals surface area (Å²) in [6.45, 7) is 0.224. The minimum absolute atomic E-state index is 0.0291. The summed E-state index contributed by atoms with van der Waals surface area (Å²) < 4.78 is 4.88. The number of hydrogen-bond acceptors (Lipinski definition) is 4. The molecule has 4 nitrogen and oxygen atoms in total. The second-order valence-corrected chi connectivity index (χ2v) is 2.95. The maximum absolute atomic E-state index is 11.3. The Kier molecular flexibility index (Phi) is 4.17. The second-order valence-electron chi connectivity index (χ2n) is 2.95. The fraction of sp³-hybridized carbons (Fsp3) is 0.273. The van der Waals surface area contributed by atoms with E-state index in [0.29, 0.717) is 18.4 Å². The minimum Gasteiger partial charge on any atom is -0.508 e. The highest BCUT2D eigenvalue weighted by Gasteiger charge is 2.06. The molecule has 1 aromatic rings. The van der Waals surface area contributed by atoms with Crippen molar-refractivity contribution in [3.05, 3.63) is 29.8 Å². The Morgan fingerprint density at radius 2 is 2.33 bits per heavy atom. The van der Waals surface area contributed by atoms with E-state index in [1.165, 1.54) is 12.1 Å². The first-order valence-corrected chi connectivity index (χ1v) is 4.57. The zero-order valence-electron chi connectivity index (χ0n) is 8.14. The van der Waals surface area contributed by atoms with E-state index < -0.39 is 5.97 Å². The molecule has 0 heterocycles. The van der Waals surface area contributed by atoms with Gasteiger partial charge in [0.25, 0.3) is 0 Å². The molecule has 0 saturated carbocycles. The summed E-state index contributed by atoms with van der Waals surface area (Å²) in [6, 6.07) is 7.91. The van der Waals surface area contributed by atoms with Crippen molar-refractivity contribution >= 4 is 5.97 Å². The van der Waals surface area contributed by atoms with Gasteiger partial charge in [-0.1, -0.05) is 6.07 Å². The molecule has 0 aliphatic heterocycles. The van der Waals surface area contributed by atoms with Gasteiger partial charge in [-0.05, 0) is 24.6 Å². The SMILES string of the molecule is N#CCCCOC(=O)c1cccc(O)c1. The largest absolute Gasteiger partial charge is 0.508 e. The summed E-state index contributed by atoms with van der Waals surface area (Å²) in [4.78, 5) is 11.3. The van der Waals surface area contributed by atoms with Gasteiger partial charge in [-0.25, -0.2) is 4.79 Å². The monoisotopic (exact) mass is 205 g/mol. The van der Waals surface area contributed by atoms with Gasteiger partial charge >= 0.3 is 5.97 Å². The summed E-state index contributed by atoms with van der Waals surface area (Å²) in [5.74, 6) is -0.453. The lowest BCUT2D eigenvalue weighted by Crippen LogP contribution is -2.05. The van der Waals surface area contributed by atoms with Crippen LogP contribution in [-0.2, 0) is 4.74 Å². The maximum Gasteiger partial charge on any atom is 0.338 e. The molecule has 1 rings (SSSR count). The Labute approximate surface area is 87.7 Å². The van der Waals surface area contributed by atoms with Crippen LogP contribution in [0.2, 0.25) is 0 Å². The molecule has 0 aliphatic carbocycles. The summed E-state index contributed by atoms with van der Waals surface area (Å²) in [5.41, 5.74) is 0.312. The number of phenols is 1. The number of aromatic hydroxyl groups is 1. The third-order valence-electron chi connectivity index (χ3n) is 1.75. The Morgan fingerprint density at radius 3 is 3.00 bits per heavy atom. The van der Waals surface area contributed by atoms with Crippen LogP contribution in [0.3, 0.4) is 0 Å². The van der Waals surface area contributed by atoms with E-state index in [-0.39, 0.29) is 12.4 Å². The van der Waals surface area contributed by atoms with Crippen LogP contribution in [-0.4, -0.2) is 17.7 Å². The molecular formula is C11H11NO3. The Hall–Kier alpha value is -2.02. The normalized spacial score (nSPS) is 9.27. The van der Waals surface area contributed by atoms with Crippen molar-refractivity contribution < 1.29 is 14.6 Å². The number of phenolic OH excluding ortho intramolecular Hbond substituents is 1. The standard InChI is InChI=1S/C11H11NO3/c12-6-1-2-7-15-11(14)9-4-3-5-10(13)8-9/h3-5,8,13H,1-2,7H2. The summed E-state index contributed by atoms with van der Waals surface area (Å²) in [5, 5.41) is 17.4. The van der Waals surface area contributed by atoms with E-state index in [1.54, 1.807) is 12.1 Å². The fourth-order valence-corrected chi connectivity index (χ4v) is 1.03. The van der Waals surface area contributed by atoms with Crippen LogP contribution in [0.4, 0.5) is 0 Å². The number of ether oxygens (including phenoxy) is 1. The van der Waals surface area contributed by atoms with Crippen LogP contribution in [0.25, 0.3) is 0 Å². The van der Waals surface area contributed by atoms with E-state index >= 15 is 0 Å². The molecule has 0 radical (unpaired) electrons. The molecule has 0 fully saturated rings. The highest BCUT2D eigenvalue weighted by atomic mass is 16.5. The number of carbonyl (C=O) groups is 1. The molecule has 0 amide bonds. The molecular weight excluding hydrogens is 194 g/mol. The van der Waals surface area contributed by atoms with Crippen LogP contribution >= 0.6 is 0 Å². The lowest BCUT2D eigenvalue weighted by Gasteiger charge is -2.03. The number of rotatable bonds is 4. The molecule has 0 aromatic heterocycles. The molecule has 78 valence electrons. The molecule has 0 bridgehead atoms. The van der Waals surface area contributed by atoms with Crippen molar-refractivity contribution in [2.24, 2.45) is 0 Å². The van der Waals surface area contributed by atoms with Gasteiger partial charge in [0.1, 0.15) is 5.75 Å². The van der Waals surface area contributed by atoms with Gasteiger partial charge in [0, 0.05) is 6.42 Å². The van der Waals surface area contributed by atoms with Crippen LogP contribution < -0.4 is 0 Å². The summed E-state index contributed by atoms with van der Waals surface area (Å²) in [6.07, 6.45) is 0.897. The topological polar surface area (TPSA) is 70.3 Å². The zero-order valence-corrected chi connectivity index (χ0v) is 8.14. The Bertz CT molecular complexity index is 382. The van der Waals surface area contributed by atoms with Crippen LogP contribution in [0, 0.1) is 11.3 Å². The highest BCUT2D eigenvalue weighted by Crippen LogP contribution is 2.11. The third-order valence-corrected chi connectivity index (χ3v) is 1.75. The molecule has 0 unspecified atom stereocenters. The quantitative estimate of drug-likeness (QED) is 0.601. The third kappa shape index (κ3) is 3.69. The van der Waals surface area contributed by atoms with Gasteiger partial charge in [-0.15, -0.1) is 0 Å². The van der Waals surface area contributed by atoms with E-state index in [2.05, 4.69) is 0 Å². The van der Waals surface area contributed by atoms with Crippen molar-refractivity contribution in [3.8, 4) is 11.8 Å². The molecule has 0 aliphatic rings. The zero-order chi connectivity index (χ0) is 11.1. The van der Waals surface area contributed by atoms with E-state index in [4.69, 9.17) is 15.1 Å². The van der Waals surface area contributed by atoms with Crippen LogP contribution in [0.15, 0.2) is 24.3 Å². The first-order chi connectivity index (χ1) is 7.24. The average Bonchev–Trinajstić information content (AvgIpc) is 2.24. The Morgan fingerprint density at radius 1 is 1.53 bits per heavy atom. The van der Waals surface area contributed by atoms with E-state index in [1.807, 2.05) is 6.07 Å². The number of nitrogens with zero attached hydrogens (tertiary/aromatic N) is 1. The summed E-state index contributed by atoms with van der Waals surface area (Å²) >= 11 is 0. The number of hydrogen-bond donors (Lipinski definition) is 1. The number of unbranched alkanes of at least 4 members (excludes halogenated alkanes) is 1. The van der Waals surface area contributed by atoms with Crippen LogP contribution in [0.1, 0.15) is 23.2 Å². The molecule has 0 spiro atoms. The average molecular weight is 205 g/mol. The van der Waals surface area contributed by atoms with Gasteiger partial charge in [0.05, 0.1) is 18.2 Å². The molecule has 0 atom stereocenters. The lowest BCUT2D eigenvalue weighted by molar-refractivity contribution is 0.0501. The van der Waals surface area contributed by atoms with Gasteiger partial charge < -0.3 is 9.84 Å². The van der Waals surface area contributed by atoms with Crippen molar-refractivity contribution in [1.29, 1.82) is 5.26 Å². The molecule has 15 heavy (non-hydrogen) atoms. The lowest BCUT2D eigenvalue weighted by atomic mass is 10.2. The van der Waals surface area contributed by atoms with Crippen molar-refractivity contribution in [3.63, 3.8) is 0 Å². The number of benzene rings is 1. The van der Waals surface area contributed by atoms with Gasteiger partial charge in [-0.2, -0.15) is 5.26 Å². The molecule has 1 aromatic carbocycles. The van der Waals surface area contributed by atoms with Gasteiger partial charge in [0.15, 0.2) is 0 Å². The molecule has 0 saturated heterocycles. The van der Waals surface area contributed by atoms with E-state index in [9.17, 15) is 4.79 Å². The van der Waals surface area contributed by atoms with Gasteiger partial charge in [0.2, 0.25) is 0 Å². The first kappa shape index (κ1) is 11.1. The minimum atomic E-state index is -0.483. The van der Waals surface area contributed by atoms with Crippen LogP contribution in [0.5, 0.6) is 5.75 Å². The predicted molar refractivity (Wildman–Crippen MR) is 53.2 cm³/mol. The van der Waals surface area contributed by atoms with Crippen molar-refractivity contribution in [1.82, 2.24) is 0 Å². The summed E-state index contributed by atoms with van der Waals surface area (Å²) in [7, 11) is 0. The van der Waals surface area contributed by atoms with Crippen molar-refractivity contribution in [2.75, 3.05) is 6.61 Å². The Balaban J connectivity index is 2.44. The molecule has 4 heteroatoms. The fourth-order valence-electron chi connectivity index (χ4n) is 1.03. The van der Waals surface area contributed by atoms with E-state index in [0.717, 1.165) is 0 Å². The van der Waals surface area contributed by atoms with Crippen molar-refractivity contribution in [2.45, 2.75) is 12.8 Å². The number of carbonyl (C=O) groups excluding carboxylic acids is 1. The number of esters is 1. The smallest absolute Gasteiger partial charge is 0.338 e. The predicted octanol–water partition coefficient (Wildman–Crippen LogP) is 1.85.